The SMILES string of the molecule is COC(=N)c1ccc(OCCON)cn1. The fourth-order valence-corrected chi connectivity index (χ4v) is 0.912. The third-order valence-electron chi connectivity index (χ3n) is 1.64. The van der Waals surface area contributed by atoms with E-state index in [0.717, 1.165) is 0 Å². The molecule has 6 nitrogen and oxygen atoms in total. The van der Waals surface area contributed by atoms with Gasteiger partial charge in [0.2, 0.25) is 5.90 Å². The summed E-state index contributed by atoms with van der Waals surface area (Å²) in [5.41, 5.74) is 0.458. The second kappa shape index (κ2) is 5.94. The molecule has 15 heavy (non-hydrogen) atoms. The van der Waals surface area contributed by atoms with Crippen molar-refractivity contribution in [3.8, 4) is 5.75 Å². The van der Waals surface area contributed by atoms with Crippen molar-refractivity contribution in [2.24, 2.45) is 5.90 Å². The highest BCUT2D eigenvalue weighted by Gasteiger charge is 2.02. The number of nitrogens with two attached hydrogens (primary N) is 1. The average Bonchev–Trinajstić information content (AvgIpc) is 2.29. The molecule has 0 atom stereocenters. The highest BCUT2D eigenvalue weighted by atomic mass is 16.6. The molecule has 0 amide bonds. The Morgan fingerprint density at radius 2 is 2.27 bits per heavy atom. The number of hydrogen-bond donors (Lipinski definition) is 2. The first-order valence-corrected chi connectivity index (χ1v) is 4.31. The molecule has 1 rings (SSSR count). The van der Waals surface area contributed by atoms with Crippen LogP contribution in [0.4, 0.5) is 0 Å². The molecule has 0 radical (unpaired) electrons. The summed E-state index contributed by atoms with van der Waals surface area (Å²) in [6.45, 7) is 0.675. The Hall–Kier alpha value is -1.66. The fraction of sp³-hybridized carbons (Fsp3) is 0.333. The summed E-state index contributed by atoms with van der Waals surface area (Å²) < 4.78 is 9.95. The van der Waals surface area contributed by atoms with E-state index >= 15 is 0 Å². The predicted molar refractivity (Wildman–Crippen MR) is 53.7 cm³/mol. The third-order valence-corrected chi connectivity index (χ3v) is 1.64. The molecule has 6 heteroatoms. The number of ether oxygens (including phenoxy) is 2. The Balaban J connectivity index is 2.52. The lowest BCUT2D eigenvalue weighted by Crippen LogP contribution is -2.10. The maximum atomic E-state index is 7.35. The van der Waals surface area contributed by atoms with E-state index in [1.165, 1.54) is 13.3 Å². The van der Waals surface area contributed by atoms with Crippen LogP contribution in [-0.4, -0.2) is 31.2 Å². The summed E-state index contributed by atoms with van der Waals surface area (Å²) in [7, 11) is 1.42. The van der Waals surface area contributed by atoms with Gasteiger partial charge in [0.25, 0.3) is 0 Å². The second-order valence-corrected chi connectivity index (χ2v) is 2.63. The Morgan fingerprint density at radius 1 is 1.47 bits per heavy atom. The molecule has 82 valence electrons. The minimum atomic E-state index is 0.0202. The van der Waals surface area contributed by atoms with Gasteiger partial charge in [-0.2, -0.15) is 0 Å². The first kappa shape index (κ1) is 11.4. The summed E-state index contributed by atoms with van der Waals surface area (Å²) in [4.78, 5) is 8.32. The molecule has 0 unspecified atom stereocenters. The van der Waals surface area contributed by atoms with Gasteiger partial charge in [0.05, 0.1) is 13.3 Å². The van der Waals surface area contributed by atoms with Crippen molar-refractivity contribution in [2.45, 2.75) is 0 Å². The minimum Gasteiger partial charge on any atom is -0.489 e. The number of nitrogens with one attached hydrogen (secondary N) is 1. The van der Waals surface area contributed by atoms with Crippen molar-refractivity contribution in [3.05, 3.63) is 24.0 Å². The highest BCUT2D eigenvalue weighted by molar-refractivity contribution is 5.89. The quantitative estimate of drug-likeness (QED) is 0.317. The Labute approximate surface area is 87.4 Å². The number of pyridine rings is 1. The molecule has 0 fully saturated rings. The Morgan fingerprint density at radius 3 is 2.80 bits per heavy atom. The van der Waals surface area contributed by atoms with E-state index in [4.69, 9.17) is 20.8 Å². The second-order valence-electron chi connectivity index (χ2n) is 2.63. The van der Waals surface area contributed by atoms with Crippen LogP contribution in [-0.2, 0) is 9.57 Å². The number of nitrogens with zero attached hydrogens (tertiary/aromatic N) is 1. The molecular formula is C9H13N3O3. The van der Waals surface area contributed by atoms with Gasteiger partial charge in [-0.05, 0) is 12.1 Å². The normalized spacial score (nSPS) is 9.73. The zero-order chi connectivity index (χ0) is 11.1. The molecule has 1 heterocycles. The van der Waals surface area contributed by atoms with E-state index in [1.54, 1.807) is 12.1 Å². The van der Waals surface area contributed by atoms with Crippen molar-refractivity contribution in [1.82, 2.24) is 4.98 Å². The van der Waals surface area contributed by atoms with Crippen molar-refractivity contribution in [1.29, 1.82) is 5.41 Å². The largest absolute Gasteiger partial charge is 0.489 e. The molecule has 0 aliphatic carbocycles. The van der Waals surface area contributed by atoms with Crippen molar-refractivity contribution >= 4 is 5.90 Å². The van der Waals surface area contributed by atoms with Gasteiger partial charge in [-0.3, -0.25) is 5.41 Å². The fourth-order valence-electron chi connectivity index (χ4n) is 0.912. The molecular weight excluding hydrogens is 198 g/mol. The lowest BCUT2D eigenvalue weighted by molar-refractivity contribution is 0.102. The third kappa shape index (κ3) is 3.53. The zero-order valence-electron chi connectivity index (χ0n) is 8.40. The van der Waals surface area contributed by atoms with E-state index in [-0.39, 0.29) is 5.90 Å². The van der Waals surface area contributed by atoms with Crippen molar-refractivity contribution in [3.63, 3.8) is 0 Å². The lowest BCUT2D eigenvalue weighted by Gasteiger charge is -2.05. The van der Waals surface area contributed by atoms with Gasteiger partial charge >= 0.3 is 0 Å². The van der Waals surface area contributed by atoms with E-state index in [0.29, 0.717) is 24.7 Å². The molecule has 0 saturated carbocycles. The van der Waals surface area contributed by atoms with Crippen LogP contribution in [0.2, 0.25) is 0 Å². The van der Waals surface area contributed by atoms with E-state index < -0.39 is 0 Å². The first-order valence-electron chi connectivity index (χ1n) is 4.31. The number of methoxy groups -OCH3 is 1. The Bertz CT molecular complexity index is 313. The molecule has 1 aromatic rings. The van der Waals surface area contributed by atoms with Crippen molar-refractivity contribution in [2.75, 3.05) is 20.3 Å². The maximum absolute atomic E-state index is 7.35. The molecule has 3 N–H and O–H groups in total. The van der Waals surface area contributed by atoms with E-state index in [1.807, 2.05) is 0 Å². The van der Waals surface area contributed by atoms with Crippen LogP contribution in [0.3, 0.4) is 0 Å². The summed E-state index contributed by atoms with van der Waals surface area (Å²) in [5.74, 6) is 5.45. The lowest BCUT2D eigenvalue weighted by atomic mass is 10.3. The van der Waals surface area contributed by atoms with Crippen molar-refractivity contribution < 1.29 is 14.3 Å². The number of rotatable bonds is 5. The molecule has 0 aliphatic heterocycles. The Kier molecular flexibility index (Phi) is 4.52. The summed E-state index contributed by atoms with van der Waals surface area (Å²) in [6.07, 6.45) is 1.51. The molecule has 0 aliphatic rings. The van der Waals surface area contributed by atoms with Gasteiger partial charge < -0.3 is 14.3 Å². The molecule has 1 aromatic heterocycles. The topological polar surface area (TPSA) is 90.5 Å². The predicted octanol–water partition coefficient (Wildman–Crippen LogP) is 0.322. The van der Waals surface area contributed by atoms with E-state index in [2.05, 4.69) is 9.82 Å². The molecule has 0 saturated heterocycles. The first-order chi connectivity index (χ1) is 7.27. The van der Waals surface area contributed by atoms with Crippen LogP contribution >= 0.6 is 0 Å². The van der Waals surface area contributed by atoms with E-state index in [9.17, 15) is 0 Å². The molecule has 0 aromatic carbocycles. The van der Waals surface area contributed by atoms with Crippen LogP contribution in [0, 0.1) is 5.41 Å². The summed E-state index contributed by atoms with van der Waals surface area (Å²) in [5, 5.41) is 7.35. The standard InChI is InChI=1S/C9H13N3O3/c1-13-9(10)8-3-2-7(6-12-8)14-4-5-15-11/h2-3,6,10H,4-5,11H2,1H3. The van der Waals surface area contributed by atoms with Crippen LogP contribution in [0.15, 0.2) is 18.3 Å². The van der Waals surface area contributed by atoms with Crippen LogP contribution in [0.25, 0.3) is 0 Å². The van der Waals surface area contributed by atoms with Crippen LogP contribution in [0.5, 0.6) is 5.75 Å². The van der Waals surface area contributed by atoms with Gasteiger partial charge in [-0.15, -0.1) is 0 Å². The molecule has 0 bridgehead atoms. The monoisotopic (exact) mass is 211 g/mol. The number of hydrogen-bond acceptors (Lipinski definition) is 6. The van der Waals surface area contributed by atoms with Gasteiger partial charge in [-0.1, -0.05) is 0 Å². The van der Waals surface area contributed by atoms with Gasteiger partial charge in [0, 0.05) is 0 Å². The summed E-state index contributed by atoms with van der Waals surface area (Å²) in [6, 6.07) is 3.34. The smallest absolute Gasteiger partial charge is 0.232 e. The van der Waals surface area contributed by atoms with Crippen LogP contribution < -0.4 is 10.6 Å². The van der Waals surface area contributed by atoms with Crippen LogP contribution in [0.1, 0.15) is 5.69 Å². The average molecular weight is 211 g/mol. The minimum absolute atomic E-state index is 0.0202. The number of aromatic nitrogens is 1. The highest BCUT2D eigenvalue weighted by Crippen LogP contribution is 2.09. The summed E-state index contributed by atoms with van der Waals surface area (Å²) >= 11 is 0. The zero-order valence-corrected chi connectivity index (χ0v) is 8.40. The molecule has 0 spiro atoms. The van der Waals surface area contributed by atoms with Gasteiger partial charge in [0.15, 0.2) is 0 Å². The van der Waals surface area contributed by atoms with Gasteiger partial charge in [-0.25, -0.2) is 10.9 Å². The van der Waals surface area contributed by atoms with Gasteiger partial charge in [0.1, 0.15) is 24.7 Å². The maximum Gasteiger partial charge on any atom is 0.232 e.